The number of amides is 2. The van der Waals surface area contributed by atoms with Gasteiger partial charge in [0, 0.05) is 26.6 Å². The maximum absolute atomic E-state index is 13.2. The van der Waals surface area contributed by atoms with Crippen LogP contribution in [0.25, 0.3) is 0 Å². The molecule has 0 fully saturated rings. The van der Waals surface area contributed by atoms with Crippen molar-refractivity contribution in [2.75, 3.05) is 30.7 Å². The summed E-state index contributed by atoms with van der Waals surface area (Å²) in [5, 5.41) is 2.65. The summed E-state index contributed by atoms with van der Waals surface area (Å²) in [5.74, 6) is -0.352. The average molecular weight is 474 g/mol. The number of aryl methyl sites for hydroxylation is 1. The molecule has 0 aromatic heterocycles. The molecule has 0 heterocycles. The summed E-state index contributed by atoms with van der Waals surface area (Å²) in [7, 11) is -1.92. The van der Waals surface area contributed by atoms with E-state index in [9.17, 15) is 18.0 Å². The number of likely N-dealkylation sites (N-methyl/N-ethyl adjacent to an activating group) is 1. The zero-order valence-electron chi connectivity index (χ0n) is 20.0. The minimum atomic E-state index is -3.49. The minimum Gasteiger partial charge on any atom is -0.357 e. The minimum absolute atomic E-state index is 0.153. The molecule has 2 amide bonds. The summed E-state index contributed by atoms with van der Waals surface area (Å²) in [5.41, 5.74) is 2.70. The van der Waals surface area contributed by atoms with Crippen LogP contribution in [-0.2, 0) is 26.0 Å². The monoisotopic (exact) mass is 473 g/mol. The van der Waals surface area contributed by atoms with Crippen LogP contribution in [0, 0.1) is 6.92 Å². The number of rotatable bonds is 12. The van der Waals surface area contributed by atoms with Crippen LogP contribution in [0.3, 0.4) is 0 Å². The molecule has 0 aliphatic rings. The van der Waals surface area contributed by atoms with Crippen molar-refractivity contribution in [3.63, 3.8) is 0 Å². The van der Waals surface area contributed by atoms with Gasteiger partial charge in [-0.05, 0) is 43.9 Å². The topological polar surface area (TPSA) is 86.8 Å². The summed E-state index contributed by atoms with van der Waals surface area (Å²) >= 11 is 0. The van der Waals surface area contributed by atoms with E-state index in [4.69, 9.17) is 0 Å². The fourth-order valence-corrected chi connectivity index (χ4v) is 4.74. The maximum atomic E-state index is 13.2. The lowest BCUT2D eigenvalue weighted by molar-refractivity contribution is -0.140. The van der Waals surface area contributed by atoms with Crippen LogP contribution in [0.2, 0.25) is 0 Å². The Morgan fingerprint density at radius 1 is 1.00 bits per heavy atom. The van der Waals surface area contributed by atoms with Gasteiger partial charge in [-0.15, -0.1) is 0 Å². The van der Waals surface area contributed by atoms with Gasteiger partial charge < -0.3 is 10.2 Å². The van der Waals surface area contributed by atoms with Crippen molar-refractivity contribution >= 4 is 27.5 Å². The van der Waals surface area contributed by atoms with Gasteiger partial charge in [0.15, 0.2) is 0 Å². The highest BCUT2D eigenvalue weighted by atomic mass is 32.2. The molecule has 0 saturated heterocycles. The Labute approximate surface area is 197 Å². The standard InChI is InChI=1S/C25H35N3O4S/c1-5-23(25(30)26-3)27(19-17-21-10-7-6-8-11-21)24(29)12-9-18-28(33(4,31)32)22-15-13-20(2)14-16-22/h6-8,10-11,13-16,23H,5,9,12,17-19H2,1-4H3,(H,26,30). The first-order valence-electron chi connectivity index (χ1n) is 11.3. The van der Waals surface area contributed by atoms with Gasteiger partial charge >= 0.3 is 0 Å². The van der Waals surface area contributed by atoms with Crippen LogP contribution < -0.4 is 9.62 Å². The molecular weight excluding hydrogens is 438 g/mol. The molecule has 2 rings (SSSR count). The predicted molar refractivity (Wildman–Crippen MR) is 133 cm³/mol. The highest BCUT2D eigenvalue weighted by Crippen LogP contribution is 2.19. The number of nitrogens with one attached hydrogen (secondary N) is 1. The molecular formula is C25H35N3O4S. The Hall–Kier alpha value is -2.87. The lowest BCUT2D eigenvalue weighted by Crippen LogP contribution is -2.49. The molecule has 1 N–H and O–H groups in total. The van der Waals surface area contributed by atoms with E-state index in [0.29, 0.717) is 31.5 Å². The molecule has 8 heteroatoms. The quantitative estimate of drug-likeness (QED) is 0.513. The lowest BCUT2D eigenvalue weighted by atomic mass is 10.1. The molecule has 180 valence electrons. The molecule has 0 aliphatic carbocycles. The highest BCUT2D eigenvalue weighted by Gasteiger charge is 2.27. The second-order valence-electron chi connectivity index (χ2n) is 8.14. The van der Waals surface area contributed by atoms with Crippen molar-refractivity contribution in [3.05, 3.63) is 65.7 Å². The Morgan fingerprint density at radius 3 is 2.18 bits per heavy atom. The normalized spacial score (nSPS) is 12.1. The van der Waals surface area contributed by atoms with Crippen LogP contribution in [0.15, 0.2) is 54.6 Å². The molecule has 7 nitrogen and oxygen atoms in total. The van der Waals surface area contributed by atoms with E-state index < -0.39 is 16.1 Å². The van der Waals surface area contributed by atoms with E-state index in [2.05, 4.69) is 5.32 Å². The van der Waals surface area contributed by atoms with Crippen molar-refractivity contribution in [2.45, 2.75) is 45.6 Å². The first kappa shape index (κ1) is 26.4. The van der Waals surface area contributed by atoms with E-state index >= 15 is 0 Å². The fraction of sp³-hybridized carbons (Fsp3) is 0.440. The second-order valence-corrected chi connectivity index (χ2v) is 10.0. The molecule has 0 saturated carbocycles. The molecule has 2 aromatic rings. The number of carbonyl (C=O) groups excluding carboxylic acids is 2. The lowest BCUT2D eigenvalue weighted by Gasteiger charge is -2.30. The van der Waals surface area contributed by atoms with Gasteiger partial charge in [-0.2, -0.15) is 0 Å². The van der Waals surface area contributed by atoms with Crippen LogP contribution in [0.1, 0.15) is 37.3 Å². The smallest absolute Gasteiger partial charge is 0.242 e. The number of anilines is 1. The first-order chi connectivity index (χ1) is 15.7. The first-order valence-corrected chi connectivity index (χ1v) is 13.1. The second kappa shape index (κ2) is 12.4. The Kier molecular flexibility index (Phi) is 9.91. The summed E-state index contributed by atoms with van der Waals surface area (Å²) in [6.45, 7) is 4.43. The van der Waals surface area contributed by atoms with Gasteiger partial charge in [-0.3, -0.25) is 13.9 Å². The van der Waals surface area contributed by atoms with Crippen LogP contribution >= 0.6 is 0 Å². The number of benzene rings is 2. The molecule has 0 spiro atoms. The Balaban J connectivity index is 2.11. The number of hydrogen-bond donors (Lipinski definition) is 1. The van der Waals surface area contributed by atoms with Crippen molar-refractivity contribution < 1.29 is 18.0 Å². The van der Waals surface area contributed by atoms with Gasteiger partial charge in [0.1, 0.15) is 6.04 Å². The van der Waals surface area contributed by atoms with Crippen LogP contribution in [-0.4, -0.2) is 57.6 Å². The number of carbonyl (C=O) groups is 2. The van der Waals surface area contributed by atoms with Crippen molar-refractivity contribution in [3.8, 4) is 0 Å². The van der Waals surface area contributed by atoms with Crippen LogP contribution in [0.5, 0.6) is 0 Å². The van der Waals surface area contributed by atoms with Crippen molar-refractivity contribution in [2.24, 2.45) is 0 Å². The summed E-state index contributed by atoms with van der Waals surface area (Å²) in [6.07, 6.45) is 2.81. The molecule has 0 radical (unpaired) electrons. The zero-order valence-corrected chi connectivity index (χ0v) is 20.8. The Morgan fingerprint density at radius 2 is 1.64 bits per heavy atom. The van der Waals surface area contributed by atoms with Gasteiger partial charge in [-0.25, -0.2) is 8.42 Å². The van der Waals surface area contributed by atoms with E-state index in [0.717, 1.165) is 11.1 Å². The summed E-state index contributed by atoms with van der Waals surface area (Å²) < 4.78 is 26.0. The SMILES string of the molecule is CCC(C(=O)NC)N(CCc1ccccc1)C(=O)CCCN(c1ccc(C)cc1)S(C)(=O)=O. The van der Waals surface area contributed by atoms with Crippen LogP contribution in [0.4, 0.5) is 5.69 Å². The van der Waals surface area contributed by atoms with Crippen molar-refractivity contribution in [1.29, 1.82) is 0 Å². The van der Waals surface area contributed by atoms with E-state index in [1.54, 1.807) is 24.1 Å². The molecule has 33 heavy (non-hydrogen) atoms. The third-order valence-corrected chi connectivity index (χ3v) is 6.78. The zero-order chi connectivity index (χ0) is 24.4. The highest BCUT2D eigenvalue weighted by molar-refractivity contribution is 7.92. The molecule has 2 aromatic carbocycles. The van der Waals surface area contributed by atoms with Gasteiger partial charge in [0.05, 0.1) is 11.9 Å². The van der Waals surface area contributed by atoms with Crippen molar-refractivity contribution in [1.82, 2.24) is 10.2 Å². The summed E-state index contributed by atoms with van der Waals surface area (Å²) in [4.78, 5) is 27.2. The number of nitrogens with zero attached hydrogens (tertiary/aromatic N) is 2. The Bertz CT molecular complexity index is 1010. The molecule has 1 atom stereocenters. The van der Waals surface area contributed by atoms with E-state index in [1.165, 1.54) is 10.6 Å². The maximum Gasteiger partial charge on any atom is 0.242 e. The molecule has 0 aliphatic heterocycles. The number of sulfonamides is 1. The number of hydrogen-bond acceptors (Lipinski definition) is 4. The molecule has 1 unspecified atom stereocenters. The third kappa shape index (κ3) is 7.89. The largest absolute Gasteiger partial charge is 0.357 e. The van der Waals surface area contributed by atoms with Gasteiger partial charge in [0.25, 0.3) is 0 Å². The van der Waals surface area contributed by atoms with E-state index in [-0.39, 0.29) is 24.8 Å². The van der Waals surface area contributed by atoms with Gasteiger partial charge in [0.2, 0.25) is 21.8 Å². The fourth-order valence-electron chi connectivity index (χ4n) is 3.78. The third-order valence-electron chi connectivity index (χ3n) is 5.59. The average Bonchev–Trinajstić information content (AvgIpc) is 2.79. The van der Waals surface area contributed by atoms with Gasteiger partial charge in [-0.1, -0.05) is 55.0 Å². The summed E-state index contributed by atoms with van der Waals surface area (Å²) in [6, 6.07) is 16.5. The predicted octanol–water partition coefficient (Wildman–Crippen LogP) is 3.14. The molecule has 0 bridgehead atoms. The van der Waals surface area contributed by atoms with E-state index in [1.807, 2.05) is 56.3 Å².